The third-order valence-corrected chi connectivity index (χ3v) is 6.35. The Hall–Kier alpha value is -0.380. The highest BCUT2D eigenvalue weighted by Gasteiger charge is 2.39. The maximum absolute atomic E-state index is 12.4. The highest BCUT2D eigenvalue weighted by molar-refractivity contribution is 7.89. The molecule has 2 rings (SSSR count). The van der Waals surface area contributed by atoms with Crippen LogP contribution in [-0.2, 0) is 14.8 Å². The van der Waals surface area contributed by atoms with Gasteiger partial charge in [-0.1, -0.05) is 23.2 Å². The fraction of sp³-hybridized carbons (Fsp3) is 0.444. The third-order valence-electron chi connectivity index (χ3n) is 2.69. The zero-order chi connectivity index (χ0) is 14.2. The van der Waals surface area contributed by atoms with Crippen LogP contribution in [0.15, 0.2) is 11.0 Å². The summed E-state index contributed by atoms with van der Waals surface area (Å²) in [7, 11) is -3.96. The number of carbonyl (C=O) groups is 1. The molecular weight excluding hydrogens is 335 g/mol. The number of carboxylic acids is 1. The van der Waals surface area contributed by atoms with E-state index >= 15 is 0 Å². The second kappa shape index (κ2) is 5.55. The molecule has 106 valence electrons. The first-order valence-corrected chi connectivity index (χ1v) is 8.25. The van der Waals surface area contributed by atoms with E-state index in [1.54, 1.807) is 0 Å². The smallest absolute Gasteiger partial charge is 0.323 e. The van der Waals surface area contributed by atoms with Gasteiger partial charge in [-0.3, -0.25) is 4.79 Å². The van der Waals surface area contributed by atoms with Crippen LogP contribution in [0.2, 0.25) is 8.67 Å². The van der Waals surface area contributed by atoms with Gasteiger partial charge in [-0.2, -0.15) is 4.31 Å². The third kappa shape index (κ3) is 2.88. The molecule has 2 N–H and O–H groups in total. The van der Waals surface area contributed by atoms with Crippen molar-refractivity contribution >= 4 is 50.5 Å². The number of hydrogen-bond donors (Lipinski definition) is 2. The zero-order valence-electron chi connectivity index (χ0n) is 9.47. The average Bonchev–Trinajstić information content (AvgIpc) is 2.69. The van der Waals surface area contributed by atoms with E-state index in [-0.39, 0.29) is 26.7 Å². The van der Waals surface area contributed by atoms with Crippen LogP contribution in [0.1, 0.15) is 0 Å². The Labute approximate surface area is 124 Å². The van der Waals surface area contributed by atoms with Crippen LogP contribution in [0, 0.1) is 0 Å². The number of sulfonamides is 1. The van der Waals surface area contributed by atoms with E-state index in [0.29, 0.717) is 6.54 Å². The Morgan fingerprint density at radius 3 is 2.74 bits per heavy atom. The van der Waals surface area contributed by atoms with E-state index in [1.165, 1.54) is 6.07 Å². The first-order chi connectivity index (χ1) is 8.84. The number of nitrogens with one attached hydrogen (secondary N) is 1. The molecule has 1 aromatic heterocycles. The molecule has 1 fully saturated rings. The molecule has 6 nitrogen and oxygen atoms in total. The number of hydrogen-bond acceptors (Lipinski definition) is 5. The Balaban J connectivity index is 2.43. The lowest BCUT2D eigenvalue weighted by Gasteiger charge is -2.32. The Bertz CT molecular complexity index is 601. The highest BCUT2D eigenvalue weighted by atomic mass is 35.5. The predicted molar refractivity (Wildman–Crippen MR) is 72.5 cm³/mol. The molecule has 0 aliphatic carbocycles. The van der Waals surface area contributed by atoms with Crippen LogP contribution >= 0.6 is 34.5 Å². The molecule has 0 saturated carbocycles. The number of carboxylic acid groups (broad SMARTS) is 1. The monoisotopic (exact) mass is 344 g/mol. The van der Waals surface area contributed by atoms with E-state index in [1.807, 2.05) is 0 Å². The van der Waals surface area contributed by atoms with E-state index in [9.17, 15) is 13.2 Å². The van der Waals surface area contributed by atoms with Crippen molar-refractivity contribution in [2.75, 3.05) is 19.6 Å². The molecule has 1 atom stereocenters. The van der Waals surface area contributed by atoms with Crippen molar-refractivity contribution in [1.29, 1.82) is 0 Å². The second-order valence-corrected chi connectivity index (χ2v) is 8.01. The van der Waals surface area contributed by atoms with Crippen molar-refractivity contribution in [3.05, 3.63) is 14.7 Å². The molecule has 0 radical (unpaired) electrons. The SMILES string of the molecule is O=C(O)C1CNCCN1S(=O)(=O)c1cc(Cl)sc1Cl. The summed E-state index contributed by atoms with van der Waals surface area (Å²) in [4.78, 5) is 11.0. The van der Waals surface area contributed by atoms with Crippen LogP contribution in [0.25, 0.3) is 0 Å². The first-order valence-electron chi connectivity index (χ1n) is 5.24. The molecular formula is C9H10Cl2N2O4S2. The standard InChI is InChI=1S/C9H10Cl2N2O4S2/c10-7-3-6(8(11)18-7)19(16,17)13-2-1-12-4-5(13)9(14)15/h3,5,12H,1-2,4H2,(H,14,15). The minimum absolute atomic E-state index is 0.0349. The Kier molecular flexibility index (Phi) is 4.38. The lowest BCUT2D eigenvalue weighted by molar-refractivity contribution is -0.141. The number of rotatable bonds is 3. The predicted octanol–water partition coefficient (Wildman–Crippen LogP) is 1.10. The van der Waals surface area contributed by atoms with Crippen molar-refractivity contribution in [3.8, 4) is 0 Å². The van der Waals surface area contributed by atoms with Gasteiger partial charge in [-0.05, 0) is 6.07 Å². The minimum atomic E-state index is -3.96. The van der Waals surface area contributed by atoms with Gasteiger partial charge in [0.1, 0.15) is 15.3 Å². The number of halogens is 2. The van der Waals surface area contributed by atoms with E-state index in [0.717, 1.165) is 15.6 Å². The second-order valence-electron chi connectivity index (χ2n) is 3.86. The normalized spacial score (nSPS) is 21.5. The quantitative estimate of drug-likeness (QED) is 0.857. The summed E-state index contributed by atoms with van der Waals surface area (Å²) < 4.78 is 26.1. The van der Waals surface area contributed by atoms with E-state index in [4.69, 9.17) is 28.3 Å². The van der Waals surface area contributed by atoms with Gasteiger partial charge in [0.05, 0.1) is 4.34 Å². The molecule has 1 unspecified atom stereocenters. The number of thiophene rings is 1. The topological polar surface area (TPSA) is 86.7 Å². The van der Waals surface area contributed by atoms with Gasteiger partial charge in [-0.25, -0.2) is 8.42 Å². The summed E-state index contributed by atoms with van der Waals surface area (Å²) in [6.45, 7) is 0.519. The minimum Gasteiger partial charge on any atom is -0.480 e. The number of piperazine rings is 1. The molecule has 0 aromatic carbocycles. The van der Waals surface area contributed by atoms with E-state index in [2.05, 4.69) is 5.32 Å². The Morgan fingerprint density at radius 1 is 1.53 bits per heavy atom. The Morgan fingerprint density at radius 2 is 2.21 bits per heavy atom. The molecule has 2 heterocycles. The van der Waals surface area contributed by atoms with Crippen LogP contribution in [0.3, 0.4) is 0 Å². The average molecular weight is 345 g/mol. The fourth-order valence-electron chi connectivity index (χ4n) is 1.81. The number of nitrogens with zero attached hydrogens (tertiary/aromatic N) is 1. The van der Waals surface area contributed by atoms with Gasteiger partial charge in [0.15, 0.2) is 0 Å². The van der Waals surface area contributed by atoms with Crippen molar-refractivity contribution in [1.82, 2.24) is 9.62 Å². The summed E-state index contributed by atoms with van der Waals surface area (Å²) in [5.41, 5.74) is 0. The largest absolute Gasteiger partial charge is 0.480 e. The summed E-state index contributed by atoms with van der Waals surface area (Å²) in [5, 5.41) is 11.9. The molecule has 0 bridgehead atoms. The van der Waals surface area contributed by atoms with Crippen LogP contribution in [0.5, 0.6) is 0 Å². The maximum Gasteiger partial charge on any atom is 0.323 e. The lowest BCUT2D eigenvalue weighted by Crippen LogP contribution is -2.56. The highest BCUT2D eigenvalue weighted by Crippen LogP contribution is 2.36. The summed E-state index contributed by atoms with van der Waals surface area (Å²) >= 11 is 12.5. The van der Waals surface area contributed by atoms with E-state index < -0.39 is 22.0 Å². The molecule has 10 heteroatoms. The van der Waals surface area contributed by atoms with Crippen molar-refractivity contribution in [2.45, 2.75) is 10.9 Å². The van der Waals surface area contributed by atoms with Crippen LogP contribution in [-0.4, -0.2) is 49.5 Å². The molecule has 1 aliphatic rings. The van der Waals surface area contributed by atoms with Gasteiger partial charge >= 0.3 is 5.97 Å². The van der Waals surface area contributed by atoms with Crippen LogP contribution < -0.4 is 5.32 Å². The summed E-state index contributed by atoms with van der Waals surface area (Å²) in [6, 6.07) is 0.0960. The summed E-state index contributed by atoms with van der Waals surface area (Å²) in [6.07, 6.45) is 0. The maximum atomic E-state index is 12.4. The zero-order valence-corrected chi connectivity index (χ0v) is 12.6. The van der Waals surface area contributed by atoms with Crippen molar-refractivity contribution in [3.63, 3.8) is 0 Å². The molecule has 1 saturated heterocycles. The van der Waals surface area contributed by atoms with Gasteiger partial charge in [0, 0.05) is 19.6 Å². The molecule has 19 heavy (non-hydrogen) atoms. The summed E-state index contributed by atoms with van der Waals surface area (Å²) in [5.74, 6) is -1.20. The first kappa shape index (κ1) is 15.0. The van der Waals surface area contributed by atoms with Gasteiger partial charge in [-0.15, -0.1) is 11.3 Å². The lowest BCUT2D eigenvalue weighted by atomic mass is 10.2. The van der Waals surface area contributed by atoms with Crippen molar-refractivity contribution < 1.29 is 18.3 Å². The molecule has 1 aromatic rings. The molecule has 0 spiro atoms. The van der Waals surface area contributed by atoms with Gasteiger partial charge in [0.25, 0.3) is 0 Å². The van der Waals surface area contributed by atoms with Crippen molar-refractivity contribution in [2.24, 2.45) is 0 Å². The molecule has 1 aliphatic heterocycles. The fourth-order valence-corrected chi connectivity index (χ4v) is 5.51. The van der Waals surface area contributed by atoms with Gasteiger partial charge in [0.2, 0.25) is 10.0 Å². The molecule has 0 amide bonds. The van der Waals surface area contributed by atoms with Gasteiger partial charge < -0.3 is 10.4 Å². The van der Waals surface area contributed by atoms with Crippen LogP contribution in [0.4, 0.5) is 0 Å². The number of aliphatic carboxylic acids is 1.